The van der Waals surface area contributed by atoms with Crippen molar-refractivity contribution in [2.75, 3.05) is 12.1 Å². The summed E-state index contributed by atoms with van der Waals surface area (Å²) in [7, 11) is 0. The fourth-order valence-corrected chi connectivity index (χ4v) is 3.18. The van der Waals surface area contributed by atoms with Gasteiger partial charge in [-0.2, -0.15) is 0 Å². The molecule has 1 amide bonds. The van der Waals surface area contributed by atoms with Crippen LogP contribution in [0.15, 0.2) is 60.7 Å². The normalized spacial score (nSPS) is 11.8. The zero-order valence-corrected chi connectivity index (χ0v) is 16.1. The van der Waals surface area contributed by atoms with Gasteiger partial charge < -0.3 is 19.9 Å². The first kappa shape index (κ1) is 19.5. The second kappa shape index (κ2) is 7.88. The molecule has 0 saturated carbocycles. The maximum absolute atomic E-state index is 12.8. The number of amides is 1. The van der Waals surface area contributed by atoms with E-state index >= 15 is 0 Å². The summed E-state index contributed by atoms with van der Waals surface area (Å²) in [6.45, 7) is 0.103. The number of carbonyl (C=O) groups excluding carboxylic acids is 2. The summed E-state index contributed by atoms with van der Waals surface area (Å²) >= 11 is 5.83. The highest BCUT2D eigenvalue weighted by molar-refractivity contribution is 6.31. The lowest BCUT2D eigenvalue weighted by Crippen LogP contribution is -2.15. The van der Waals surface area contributed by atoms with Crippen molar-refractivity contribution in [1.29, 1.82) is 0 Å². The molecule has 150 valence electrons. The van der Waals surface area contributed by atoms with Crippen LogP contribution in [0.25, 0.3) is 0 Å². The van der Waals surface area contributed by atoms with E-state index in [1.165, 1.54) is 30.3 Å². The number of hydrogen-bond donors (Lipinski definition) is 2. The average Bonchev–Trinajstić information content (AvgIpc) is 3.22. The van der Waals surface area contributed by atoms with E-state index in [2.05, 4.69) is 5.32 Å². The monoisotopic (exact) mass is 423 g/mol. The van der Waals surface area contributed by atoms with Crippen molar-refractivity contribution in [2.45, 2.75) is 0 Å². The fourth-order valence-electron chi connectivity index (χ4n) is 3.00. The van der Waals surface area contributed by atoms with Crippen LogP contribution in [0.1, 0.15) is 36.6 Å². The minimum atomic E-state index is -1.22. The maximum atomic E-state index is 12.8. The van der Waals surface area contributed by atoms with E-state index in [9.17, 15) is 19.5 Å². The van der Waals surface area contributed by atoms with Crippen LogP contribution in [0.4, 0.5) is 5.69 Å². The largest absolute Gasteiger partial charge is 0.478 e. The van der Waals surface area contributed by atoms with Gasteiger partial charge in [0.05, 0.1) is 11.3 Å². The first-order valence-electron chi connectivity index (χ1n) is 8.81. The number of aromatic carboxylic acids is 1. The lowest BCUT2D eigenvalue weighted by Gasteiger charge is -2.10. The standard InChI is InChI=1S/C22H14ClNO6/c23-15-5-6-17(16(10-15)22(27)28)24-21(26)14-3-1-2-12(8-14)20(25)13-4-7-18-19(9-13)30-11-29-18/h1-10H,11H2,(H,24,26)(H,27,28). The van der Waals surface area contributed by atoms with Crippen LogP contribution in [-0.2, 0) is 0 Å². The van der Waals surface area contributed by atoms with Gasteiger partial charge in [-0.05, 0) is 48.5 Å². The third-order valence-electron chi connectivity index (χ3n) is 4.48. The molecule has 0 spiro atoms. The average molecular weight is 424 g/mol. The molecular weight excluding hydrogens is 410 g/mol. The van der Waals surface area contributed by atoms with Gasteiger partial charge in [-0.1, -0.05) is 23.7 Å². The molecule has 0 atom stereocenters. The van der Waals surface area contributed by atoms with E-state index < -0.39 is 11.9 Å². The first-order chi connectivity index (χ1) is 14.4. The summed E-state index contributed by atoms with van der Waals surface area (Å²) in [5.74, 6) is -1.02. The Morgan fingerprint density at radius 2 is 1.60 bits per heavy atom. The Kier molecular flexibility index (Phi) is 5.12. The van der Waals surface area contributed by atoms with Crippen molar-refractivity contribution in [2.24, 2.45) is 0 Å². The number of hydrogen-bond acceptors (Lipinski definition) is 5. The van der Waals surface area contributed by atoms with Gasteiger partial charge in [0, 0.05) is 21.7 Å². The Labute approximate surface area is 175 Å². The smallest absolute Gasteiger partial charge is 0.337 e. The third kappa shape index (κ3) is 3.83. The Bertz CT molecular complexity index is 1190. The molecule has 1 aliphatic heterocycles. The predicted molar refractivity (Wildman–Crippen MR) is 109 cm³/mol. The lowest BCUT2D eigenvalue weighted by molar-refractivity contribution is 0.0697. The molecule has 0 unspecified atom stereocenters. The SMILES string of the molecule is O=C(Nc1ccc(Cl)cc1C(=O)O)c1cccc(C(=O)c2ccc3c(c2)OCO3)c1. The van der Waals surface area contributed by atoms with Crippen LogP contribution in [0, 0.1) is 0 Å². The summed E-state index contributed by atoms with van der Waals surface area (Å²) in [4.78, 5) is 36.9. The summed E-state index contributed by atoms with van der Waals surface area (Å²) in [6, 6.07) is 15.1. The second-order valence-electron chi connectivity index (χ2n) is 6.43. The van der Waals surface area contributed by atoms with Crippen LogP contribution < -0.4 is 14.8 Å². The van der Waals surface area contributed by atoms with Crippen molar-refractivity contribution in [1.82, 2.24) is 0 Å². The molecule has 0 fully saturated rings. The quantitative estimate of drug-likeness (QED) is 0.595. The van der Waals surface area contributed by atoms with E-state index in [1.807, 2.05) is 0 Å². The molecule has 0 aliphatic carbocycles. The zero-order chi connectivity index (χ0) is 21.3. The molecular formula is C22H14ClNO6. The minimum absolute atomic E-state index is 0.101. The van der Waals surface area contributed by atoms with Gasteiger partial charge in [0.2, 0.25) is 6.79 Å². The minimum Gasteiger partial charge on any atom is -0.478 e. The molecule has 1 heterocycles. The highest BCUT2D eigenvalue weighted by Gasteiger charge is 2.19. The highest BCUT2D eigenvalue weighted by atomic mass is 35.5. The predicted octanol–water partition coefficient (Wildman–Crippen LogP) is 4.25. The summed E-state index contributed by atoms with van der Waals surface area (Å²) in [5.41, 5.74) is 0.861. The number of anilines is 1. The van der Waals surface area contributed by atoms with Gasteiger partial charge in [-0.3, -0.25) is 9.59 Å². The molecule has 0 bridgehead atoms. The van der Waals surface area contributed by atoms with Crippen molar-refractivity contribution in [3.8, 4) is 11.5 Å². The molecule has 4 rings (SSSR count). The van der Waals surface area contributed by atoms with E-state index in [0.29, 0.717) is 22.6 Å². The number of ketones is 1. The number of halogens is 1. The van der Waals surface area contributed by atoms with Crippen molar-refractivity contribution < 1.29 is 29.0 Å². The van der Waals surface area contributed by atoms with Crippen molar-refractivity contribution in [3.63, 3.8) is 0 Å². The lowest BCUT2D eigenvalue weighted by atomic mass is 10.0. The summed E-state index contributed by atoms with van der Waals surface area (Å²) < 4.78 is 10.5. The maximum Gasteiger partial charge on any atom is 0.337 e. The van der Waals surface area contributed by atoms with Gasteiger partial charge >= 0.3 is 5.97 Å². The molecule has 0 aromatic heterocycles. The summed E-state index contributed by atoms with van der Waals surface area (Å²) in [6.07, 6.45) is 0. The van der Waals surface area contributed by atoms with Gasteiger partial charge in [0.15, 0.2) is 17.3 Å². The zero-order valence-electron chi connectivity index (χ0n) is 15.3. The highest BCUT2D eigenvalue weighted by Crippen LogP contribution is 2.33. The molecule has 1 aliphatic rings. The van der Waals surface area contributed by atoms with E-state index in [4.69, 9.17) is 21.1 Å². The summed E-state index contributed by atoms with van der Waals surface area (Å²) in [5, 5.41) is 12.1. The Morgan fingerprint density at radius 1 is 0.867 bits per heavy atom. The number of rotatable bonds is 5. The van der Waals surface area contributed by atoms with Crippen LogP contribution in [0.2, 0.25) is 5.02 Å². The van der Waals surface area contributed by atoms with E-state index in [-0.39, 0.29) is 34.4 Å². The molecule has 30 heavy (non-hydrogen) atoms. The molecule has 3 aromatic rings. The van der Waals surface area contributed by atoms with Crippen molar-refractivity contribution in [3.05, 3.63) is 87.9 Å². The molecule has 0 radical (unpaired) electrons. The number of carboxylic acid groups (broad SMARTS) is 1. The number of benzene rings is 3. The molecule has 2 N–H and O–H groups in total. The molecule has 3 aromatic carbocycles. The second-order valence-corrected chi connectivity index (χ2v) is 6.86. The van der Waals surface area contributed by atoms with Crippen LogP contribution in [0.5, 0.6) is 11.5 Å². The number of carbonyl (C=O) groups is 3. The Balaban J connectivity index is 1.58. The van der Waals surface area contributed by atoms with Crippen LogP contribution >= 0.6 is 11.6 Å². The molecule has 0 saturated heterocycles. The third-order valence-corrected chi connectivity index (χ3v) is 4.72. The fraction of sp³-hybridized carbons (Fsp3) is 0.0455. The molecule has 7 nitrogen and oxygen atoms in total. The van der Waals surface area contributed by atoms with Gasteiger partial charge in [-0.15, -0.1) is 0 Å². The number of carboxylic acids is 1. The number of nitrogens with one attached hydrogen (secondary N) is 1. The van der Waals surface area contributed by atoms with Crippen LogP contribution in [0.3, 0.4) is 0 Å². The number of fused-ring (bicyclic) bond motifs is 1. The van der Waals surface area contributed by atoms with Gasteiger partial charge in [0.25, 0.3) is 5.91 Å². The molecule has 8 heteroatoms. The Hall–Kier alpha value is -3.84. The van der Waals surface area contributed by atoms with Gasteiger partial charge in [0.1, 0.15) is 0 Å². The van der Waals surface area contributed by atoms with E-state index in [1.54, 1.807) is 30.3 Å². The number of ether oxygens (including phenoxy) is 2. The van der Waals surface area contributed by atoms with Gasteiger partial charge in [-0.25, -0.2) is 4.79 Å². The topological polar surface area (TPSA) is 102 Å². The van der Waals surface area contributed by atoms with E-state index in [0.717, 1.165) is 0 Å². The Morgan fingerprint density at radius 3 is 2.40 bits per heavy atom. The first-order valence-corrected chi connectivity index (χ1v) is 9.19. The van der Waals surface area contributed by atoms with Crippen LogP contribution in [-0.4, -0.2) is 29.6 Å². The van der Waals surface area contributed by atoms with Crippen molar-refractivity contribution >= 4 is 34.9 Å².